The van der Waals surface area contributed by atoms with Gasteiger partial charge in [-0.1, -0.05) is 19.4 Å². The third-order valence-corrected chi connectivity index (χ3v) is 5.69. The molecule has 0 aromatic rings. The van der Waals surface area contributed by atoms with Gasteiger partial charge < -0.3 is 11.1 Å². The molecular weight excluding hydrogens is 242 g/mol. The average Bonchev–Trinajstić information content (AvgIpc) is 2.34. The fourth-order valence-electron chi connectivity index (χ4n) is 4.24. The van der Waals surface area contributed by atoms with Gasteiger partial charge in [-0.25, -0.2) is 0 Å². The minimum absolute atomic E-state index is 0.113. The number of fused-ring (bicyclic) bond motifs is 4. The summed E-state index contributed by atoms with van der Waals surface area (Å²) in [5.74, 6) is 0.970. The molecule has 2 fully saturated rings. The summed E-state index contributed by atoms with van der Waals surface area (Å²) in [5.41, 5.74) is 7.94. The van der Waals surface area contributed by atoms with Crippen LogP contribution in [0.15, 0.2) is 23.0 Å². The Balaban J connectivity index is 2.02. The smallest absolute Gasteiger partial charge is 0.287 e. The number of allylic oxidation sites excluding steroid dienone is 2. The number of hydrogen-bond donors (Lipinski definition) is 2. The van der Waals surface area contributed by atoms with Crippen LogP contribution < -0.4 is 11.1 Å². The fourth-order valence-corrected chi connectivity index (χ4v) is 4.24. The molecule has 104 valence electrons. The van der Waals surface area contributed by atoms with Crippen LogP contribution in [0.25, 0.3) is 0 Å². The summed E-state index contributed by atoms with van der Waals surface area (Å²) in [7, 11) is 0. The summed E-state index contributed by atoms with van der Waals surface area (Å²) < 4.78 is 0. The van der Waals surface area contributed by atoms with E-state index in [1.54, 1.807) is 6.08 Å². The largest absolute Gasteiger partial charge is 0.397 e. The fraction of sp³-hybridized carbons (Fsp3) is 0.714. The van der Waals surface area contributed by atoms with E-state index in [-0.39, 0.29) is 16.0 Å². The second kappa shape index (κ2) is 4.07. The molecule has 5 heteroatoms. The monoisotopic (exact) mass is 263 g/mol. The van der Waals surface area contributed by atoms with Gasteiger partial charge in [0.1, 0.15) is 0 Å². The molecule has 3 rings (SSSR count). The van der Waals surface area contributed by atoms with Crippen LogP contribution in [0.4, 0.5) is 0 Å². The molecule has 2 bridgehead atoms. The number of nitrogens with zero attached hydrogens (tertiary/aromatic N) is 1. The molecule has 0 amide bonds. The lowest BCUT2D eigenvalue weighted by molar-refractivity contribution is -0.421. The predicted molar refractivity (Wildman–Crippen MR) is 72.7 cm³/mol. The van der Waals surface area contributed by atoms with Gasteiger partial charge in [-0.2, -0.15) is 0 Å². The molecule has 4 atom stereocenters. The first kappa shape index (κ1) is 12.7. The lowest BCUT2D eigenvalue weighted by atomic mass is 9.53. The quantitative estimate of drug-likeness (QED) is 0.558. The van der Waals surface area contributed by atoms with Crippen molar-refractivity contribution in [1.82, 2.24) is 5.32 Å². The molecule has 4 unspecified atom stereocenters. The molecule has 1 heterocycles. The molecule has 0 spiro atoms. The molecule has 5 nitrogen and oxygen atoms in total. The lowest BCUT2D eigenvalue weighted by Gasteiger charge is -2.55. The van der Waals surface area contributed by atoms with Crippen LogP contribution in [0.3, 0.4) is 0 Å². The van der Waals surface area contributed by atoms with Crippen LogP contribution in [0.2, 0.25) is 0 Å². The van der Waals surface area contributed by atoms with Gasteiger partial charge in [0.05, 0.1) is 10.6 Å². The van der Waals surface area contributed by atoms with E-state index in [0.717, 1.165) is 19.4 Å². The van der Waals surface area contributed by atoms with Crippen LogP contribution in [0.5, 0.6) is 0 Å². The van der Waals surface area contributed by atoms with Crippen LogP contribution in [0.1, 0.15) is 33.1 Å². The number of hydrogen-bond acceptors (Lipinski definition) is 4. The molecule has 0 radical (unpaired) electrons. The minimum atomic E-state index is -0.345. The van der Waals surface area contributed by atoms with E-state index in [1.165, 1.54) is 5.57 Å². The Kier molecular flexibility index (Phi) is 2.71. The van der Waals surface area contributed by atoms with E-state index >= 15 is 0 Å². The van der Waals surface area contributed by atoms with Crippen molar-refractivity contribution in [2.75, 3.05) is 6.54 Å². The molecule has 0 aromatic heterocycles. The van der Waals surface area contributed by atoms with Crippen molar-refractivity contribution in [2.45, 2.75) is 39.2 Å². The first-order chi connectivity index (χ1) is 8.93. The second-order valence-corrected chi connectivity index (χ2v) is 6.45. The Morgan fingerprint density at radius 3 is 2.95 bits per heavy atom. The molecule has 3 aliphatic rings. The number of nitrogens with one attached hydrogen (secondary N) is 1. The molecule has 1 aliphatic heterocycles. The Morgan fingerprint density at radius 1 is 1.53 bits per heavy atom. The maximum absolute atomic E-state index is 11.0. The van der Waals surface area contributed by atoms with Crippen LogP contribution in [-0.4, -0.2) is 17.5 Å². The Bertz CT molecular complexity index is 497. The molecule has 2 aliphatic carbocycles. The van der Waals surface area contributed by atoms with Crippen molar-refractivity contribution >= 4 is 0 Å². The van der Waals surface area contributed by atoms with Gasteiger partial charge in [0.2, 0.25) is 0 Å². The zero-order valence-corrected chi connectivity index (χ0v) is 11.5. The van der Waals surface area contributed by atoms with Crippen molar-refractivity contribution in [3.05, 3.63) is 33.2 Å². The van der Waals surface area contributed by atoms with E-state index in [1.807, 2.05) is 0 Å². The Hall–Kier alpha value is -1.36. The summed E-state index contributed by atoms with van der Waals surface area (Å²) in [6, 6.07) is 0.452. The molecule has 1 saturated heterocycles. The number of piperidine rings is 1. The van der Waals surface area contributed by atoms with Gasteiger partial charge in [-0.3, -0.25) is 10.1 Å². The maximum atomic E-state index is 11.0. The Morgan fingerprint density at radius 2 is 2.26 bits per heavy atom. The highest BCUT2D eigenvalue weighted by Crippen LogP contribution is 2.55. The normalized spacial score (nSPS) is 41.6. The van der Waals surface area contributed by atoms with E-state index in [2.05, 4.69) is 19.2 Å². The van der Waals surface area contributed by atoms with Crippen molar-refractivity contribution in [3.8, 4) is 0 Å². The van der Waals surface area contributed by atoms with Crippen molar-refractivity contribution in [3.63, 3.8) is 0 Å². The zero-order valence-electron chi connectivity index (χ0n) is 11.5. The number of rotatable bonds is 1. The molecule has 1 saturated carbocycles. The van der Waals surface area contributed by atoms with E-state index in [9.17, 15) is 10.1 Å². The summed E-state index contributed by atoms with van der Waals surface area (Å²) in [4.78, 5) is 10.7. The summed E-state index contributed by atoms with van der Waals surface area (Å²) >= 11 is 0. The van der Waals surface area contributed by atoms with Gasteiger partial charge in [-0.15, -0.1) is 0 Å². The first-order valence-electron chi connectivity index (χ1n) is 7.00. The predicted octanol–water partition coefficient (Wildman–Crippen LogP) is 1.79. The van der Waals surface area contributed by atoms with Crippen LogP contribution in [-0.2, 0) is 0 Å². The zero-order chi connectivity index (χ0) is 13.8. The highest BCUT2D eigenvalue weighted by atomic mass is 16.6. The number of nitrogens with two attached hydrogens (primary N) is 1. The van der Waals surface area contributed by atoms with Gasteiger partial charge in [0, 0.05) is 18.5 Å². The molecule has 0 aromatic carbocycles. The van der Waals surface area contributed by atoms with E-state index in [0.29, 0.717) is 30.0 Å². The second-order valence-electron chi connectivity index (χ2n) is 6.45. The maximum Gasteiger partial charge on any atom is 0.287 e. The highest BCUT2D eigenvalue weighted by molar-refractivity contribution is 5.34. The molecule has 19 heavy (non-hydrogen) atoms. The topological polar surface area (TPSA) is 81.2 Å². The Labute approximate surface area is 113 Å². The third-order valence-electron chi connectivity index (χ3n) is 5.69. The van der Waals surface area contributed by atoms with Crippen molar-refractivity contribution in [2.24, 2.45) is 23.0 Å². The van der Waals surface area contributed by atoms with Crippen molar-refractivity contribution < 1.29 is 4.92 Å². The van der Waals surface area contributed by atoms with Gasteiger partial charge in [-0.05, 0) is 36.6 Å². The van der Waals surface area contributed by atoms with Gasteiger partial charge in [0.25, 0.3) is 5.70 Å². The summed E-state index contributed by atoms with van der Waals surface area (Å²) in [6.45, 7) is 5.67. The average molecular weight is 263 g/mol. The molecule has 3 N–H and O–H groups in total. The van der Waals surface area contributed by atoms with Gasteiger partial charge >= 0.3 is 0 Å². The van der Waals surface area contributed by atoms with Crippen LogP contribution in [0, 0.1) is 27.4 Å². The summed E-state index contributed by atoms with van der Waals surface area (Å²) in [6.07, 6.45) is 4.43. The SMILES string of the molecule is CC1C2CC3=CC([N+](=O)[O-])=C(N)CC3C1(C)CCN2. The van der Waals surface area contributed by atoms with E-state index < -0.39 is 0 Å². The van der Waals surface area contributed by atoms with E-state index in [4.69, 9.17) is 5.73 Å². The molecular formula is C14H21N3O2. The highest BCUT2D eigenvalue weighted by Gasteiger charge is 2.51. The van der Waals surface area contributed by atoms with Crippen molar-refractivity contribution in [1.29, 1.82) is 0 Å². The minimum Gasteiger partial charge on any atom is -0.397 e. The van der Waals surface area contributed by atoms with Crippen LogP contribution >= 0.6 is 0 Å². The third kappa shape index (κ3) is 1.71. The first-order valence-corrected chi connectivity index (χ1v) is 7.00. The standard InChI is InChI=1S/C14H21N3O2/c1-8-12-5-9-6-13(17(18)19)11(15)7-10(9)14(8,2)3-4-16-12/h6,8,10,12,16H,3-5,7,15H2,1-2H3. The lowest BCUT2D eigenvalue weighted by Crippen LogP contribution is -2.57. The summed E-state index contributed by atoms with van der Waals surface area (Å²) in [5, 5.41) is 14.6. The van der Waals surface area contributed by atoms with Gasteiger partial charge in [0.15, 0.2) is 0 Å². The number of nitro groups is 1.